The highest BCUT2D eigenvalue weighted by Crippen LogP contribution is 2.27. The molecular weight excluding hydrogens is 310 g/mol. The van der Waals surface area contributed by atoms with Gasteiger partial charge in [0.1, 0.15) is 0 Å². The summed E-state index contributed by atoms with van der Waals surface area (Å²) < 4.78 is 29.7. The van der Waals surface area contributed by atoms with E-state index in [0.29, 0.717) is 18.6 Å². The number of carbonyl (C=O) groups excluding carboxylic acids is 1. The van der Waals surface area contributed by atoms with Crippen molar-refractivity contribution in [3.8, 4) is 0 Å². The van der Waals surface area contributed by atoms with E-state index in [1.165, 1.54) is 10.8 Å². The number of nitrogens with one attached hydrogen (secondary N) is 1. The van der Waals surface area contributed by atoms with Gasteiger partial charge in [-0.05, 0) is 31.1 Å². The monoisotopic (exact) mass is 331 g/mol. The molecule has 0 atom stereocenters. The van der Waals surface area contributed by atoms with Gasteiger partial charge in [-0.3, -0.25) is 9.35 Å². The lowest BCUT2D eigenvalue weighted by molar-refractivity contribution is -0.111. The first kappa shape index (κ1) is 19.2. The maximum atomic E-state index is 11.3. The van der Waals surface area contributed by atoms with Gasteiger partial charge in [0.15, 0.2) is 5.12 Å². The molecule has 0 aromatic carbocycles. The normalized spacial score (nSPS) is 12.6. The van der Waals surface area contributed by atoms with Crippen LogP contribution in [0.5, 0.6) is 0 Å². The first-order valence-corrected chi connectivity index (χ1v) is 9.72. The van der Waals surface area contributed by atoms with E-state index >= 15 is 0 Å². The van der Waals surface area contributed by atoms with Crippen LogP contribution in [0.25, 0.3) is 0 Å². The van der Waals surface area contributed by atoms with Gasteiger partial charge >= 0.3 is 0 Å². The SMILES string of the molecule is CC(C)(CSSC(=O)CCCO)NCCS(=O)(=O)O. The predicted molar refractivity (Wildman–Crippen MR) is 79.9 cm³/mol. The molecular formula is C10H21NO5S3. The molecule has 0 aliphatic rings. The van der Waals surface area contributed by atoms with E-state index in [0.717, 1.165) is 10.8 Å². The van der Waals surface area contributed by atoms with Crippen molar-refractivity contribution in [2.45, 2.75) is 32.2 Å². The Morgan fingerprint density at radius 1 is 1.37 bits per heavy atom. The van der Waals surface area contributed by atoms with Crippen LogP contribution in [0, 0.1) is 0 Å². The fraction of sp³-hybridized carbons (Fsp3) is 0.900. The summed E-state index contributed by atoms with van der Waals surface area (Å²) in [4.78, 5) is 11.3. The van der Waals surface area contributed by atoms with Crippen molar-refractivity contribution in [1.29, 1.82) is 0 Å². The third kappa shape index (κ3) is 13.0. The molecule has 0 aliphatic heterocycles. The summed E-state index contributed by atoms with van der Waals surface area (Å²) in [5.74, 6) is 0.289. The van der Waals surface area contributed by atoms with Crippen LogP contribution >= 0.6 is 21.6 Å². The molecule has 0 saturated carbocycles. The van der Waals surface area contributed by atoms with Gasteiger partial charge < -0.3 is 10.4 Å². The van der Waals surface area contributed by atoms with Crippen molar-refractivity contribution < 1.29 is 22.9 Å². The summed E-state index contributed by atoms with van der Waals surface area (Å²) in [7, 11) is -1.41. The van der Waals surface area contributed by atoms with Gasteiger partial charge in [0.05, 0.1) is 5.75 Å². The average Bonchev–Trinajstić information content (AvgIpc) is 2.23. The molecule has 6 nitrogen and oxygen atoms in total. The Morgan fingerprint density at radius 3 is 2.53 bits per heavy atom. The number of carbonyl (C=O) groups is 1. The molecule has 0 aromatic rings. The van der Waals surface area contributed by atoms with Crippen LogP contribution < -0.4 is 5.32 Å². The Labute approximate surface area is 122 Å². The summed E-state index contributed by atoms with van der Waals surface area (Å²) in [6.07, 6.45) is 0.827. The third-order valence-electron chi connectivity index (χ3n) is 2.07. The molecule has 0 radical (unpaired) electrons. The lowest BCUT2D eigenvalue weighted by Gasteiger charge is -2.25. The van der Waals surface area contributed by atoms with Crippen LogP contribution in [0.1, 0.15) is 26.7 Å². The quantitative estimate of drug-likeness (QED) is 0.401. The minimum atomic E-state index is -3.94. The van der Waals surface area contributed by atoms with Gasteiger partial charge in [-0.25, -0.2) is 0 Å². The molecule has 0 unspecified atom stereocenters. The zero-order valence-electron chi connectivity index (χ0n) is 11.1. The maximum Gasteiger partial charge on any atom is 0.266 e. The molecule has 0 heterocycles. The maximum absolute atomic E-state index is 11.3. The van der Waals surface area contributed by atoms with Gasteiger partial charge in [0.25, 0.3) is 10.1 Å². The fourth-order valence-corrected chi connectivity index (χ4v) is 3.96. The Hall–Kier alpha value is 0.200. The van der Waals surface area contributed by atoms with Crippen molar-refractivity contribution in [3.05, 3.63) is 0 Å². The Balaban J connectivity index is 3.81. The molecule has 0 amide bonds. The van der Waals surface area contributed by atoms with Gasteiger partial charge in [0, 0.05) is 30.9 Å². The van der Waals surface area contributed by atoms with Gasteiger partial charge in [-0.1, -0.05) is 10.8 Å². The lowest BCUT2D eigenvalue weighted by atomic mass is 10.1. The molecule has 3 N–H and O–H groups in total. The topological polar surface area (TPSA) is 104 Å². The summed E-state index contributed by atoms with van der Waals surface area (Å²) in [5, 5.41) is 11.6. The highest BCUT2D eigenvalue weighted by Gasteiger charge is 2.19. The molecule has 0 fully saturated rings. The van der Waals surface area contributed by atoms with E-state index in [1.807, 2.05) is 13.8 Å². The second kappa shape index (κ2) is 9.19. The van der Waals surface area contributed by atoms with Crippen molar-refractivity contribution in [3.63, 3.8) is 0 Å². The number of hydrogen-bond donors (Lipinski definition) is 3. The minimum Gasteiger partial charge on any atom is -0.396 e. The van der Waals surface area contributed by atoms with Gasteiger partial charge in [0.2, 0.25) is 0 Å². The first-order chi connectivity index (χ1) is 8.66. The molecule has 0 rings (SSSR count). The molecule has 114 valence electrons. The summed E-state index contributed by atoms with van der Waals surface area (Å²) >= 11 is 0. The molecule has 19 heavy (non-hydrogen) atoms. The minimum absolute atomic E-state index is 0.0135. The zero-order chi connectivity index (χ0) is 14.9. The van der Waals surface area contributed by atoms with Crippen LogP contribution in [0.3, 0.4) is 0 Å². The largest absolute Gasteiger partial charge is 0.396 e. The fourth-order valence-electron chi connectivity index (χ4n) is 1.08. The molecule has 9 heteroatoms. The second-order valence-corrected chi connectivity index (χ2v) is 8.57. The van der Waals surface area contributed by atoms with Crippen molar-refractivity contribution in [2.75, 3.05) is 24.7 Å². The summed E-state index contributed by atoms with van der Waals surface area (Å²) in [6, 6.07) is 0. The highest BCUT2D eigenvalue weighted by molar-refractivity contribution is 8.82. The zero-order valence-corrected chi connectivity index (χ0v) is 13.5. The summed E-state index contributed by atoms with van der Waals surface area (Å²) in [6.45, 7) is 3.96. The van der Waals surface area contributed by atoms with E-state index in [1.54, 1.807) is 0 Å². The van der Waals surface area contributed by atoms with E-state index in [4.69, 9.17) is 9.66 Å². The smallest absolute Gasteiger partial charge is 0.266 e. The van der Waals surface area contributed by atoms with Gasteiger partial charge in [-0.15, -0.1) is 0 Å². The van der Waals surface area contributed by atoms with Crippen LogP contribution in [-0.4, -0.2) is 53.4 Å². The molecule has 0 bridgehead atoms. The Kier molecular flexibility index (Phi) is 9.29. The molecule has 0 spiro atoms. The van der Waals surface area contributed by atoms with E-state index in [9.17, 15) is 13.2 Å². The van der Waals surface area contributed by atoms with Crippen molar-refractivity contribution in [1.82, 2.24) is 5.32 Å². The second-order valence-electron chi connectivity index (χ2n) is 4.64. The lowest BCUT2D eigenvalue weighted by Crippen LogP contribution is -2.43. The number of aliphatic hydroxyl groups is 1. The molecule has 0 aliphatic carbocycles. The first-order valence-electron chi connectivity index (χ1n) is 5.80. The highest BCUT2D eigenvalue weighted by atomic mass is 33.1. The third-order valence-corrected chi connectivity index (χ3v) is 5.41. The molecule has 0 aromatic heterocycles. The van der Waals surface area contributed by atoms with Crippen molar-refractivity contribution in [2.24, 2.45) is 0 Å². The molecule has 0 saturated heterocycles. The standard InChI is InChI=1S/C10H21NO5S3/c1-10(2,11-5-7-19(14,15)16)8-17-18-9(13)4-3-6-12/h11-12H,3-8H2,1-2H3,(H,14,15,16). The number of aliphatic hydroxyl groups excluding tert-OH is 1. The Morgan fingerprint density at radius 2 is 2.00 bits per heavy atom. The van der Waals surface area contributed by atoms with Crippen molar-refractivity contribution >= 4 is 36.8 Å². The van der Waals surface area contributed by atoms with Crippen LogP contribution in [0.4, 0.5) is 0 Å². The van der Waals surface area contributed by atoms with E-state index in [-0.39, 0.29) is 29.6 Å². The van der Waals surface area contributed by atoms with Crippen LogP contribution in [-0.2, 0) is 14.9 Å². The van der Waals surface area contributed by atoms with Gasteiger partial charge in [-0.2, -0.15) is 8.42 Å². The average molecular weight is 331 g/mol. The summed E-state index contributed by atoms with van der Waals surface area (Å²) in [5.41, 5.74) is -0.334. The van der Waals surface area contributed by atoms with Crippen LogP contribution in [0.15, 0.2) is 0 Å². The number of rotatable bonds is 10. The van der Waals surface area contributed by atoms with Crippen LogP contribution in [0.2, 0.25) is 0 Å². The number of hydrogen-bond acceptors (Lipinski definition) is 7. The predicted octanol–water partition coefficient (Wildman–Crippen LogP) is 0.923. The van der Waals surface area contributed by atoms with E-state index < -0.39 is 10.1 Å². The Bertz CT molecular complexity index is 369. The van der Waals surface area contributed by atoms with E-state index in [2.05, 4.69) is 5.32 Å².